The Balaban J connectivity index is 4.16. The SMILES string of the molecule is CC/C=C\C/C=C\C/C=C\C/C=C\C/C=C\C/C=C\C/C=C\C/C=C\CCCCCCCCCCCCCCC(=O)OC(COC(=O)CCCCCCCCCCCC/C=C\C/C=C\C/C=C\C/C=C\C/C=C\C/C=C\CC)COC(OCC[N+](C)(C)C)C(=O)O. The first-order valence-corrected chi connectivity index (χ1v) is 36.3. The van der Waals surface area contributed by atoms with E-state index in [0.717, 1.165) is 141 Å². The van der Waals surface area contributed by atoms with Gasteiger partial charge in [-0.1, -0.05) is 300 Å². The molecular formula is C82H134NO8+. The molecule has 0 amide bonds. The first kappa shape index (κ1) is 85.7. The first-order chi connectivity index (χ1) is 44.6. The predicted molar refractivity (Wildman–Crippen MR) is 391 cm³/mol. The Morgan fingerprint density at radius 1 is 0.330 bits per heavy atom. The number of carboxylic acid groups (broad SMARTS) is 1. The van der Waals surface area contributed by atoms with Crippen molar-refractivity contribution in [1.29, 1.82) is 0 Å². The van der Waals surface area contributed by atoms with Crippen molar-refractivity contribution in [2.75, 3.05) is 47.5 Å². The van der Waals surface area contributed by atoms with E-state index < -0.39 is 24.3 Å². The summed E-state index contributed by atoms with van der Waals surface area (Å²) < 4.78 is 23.0. The quantitative estimate of drug-likeness (QED) is 0.0211. The topological polar surface area (TPSA) is 108 Å². The zero-order chi connectivity index (χ0) is 66.1. The molecule has 0 aromatic heterocycles. The number of allylic oxidation sites excluding steroid dienone is 28. The largest absolute Gasteiger partial charge is 0.477 e. The Labute approximate surface area is 558 Å². The van der Waals surface area contributed by atoms with Crippen molar-refractivity contribution < 1.29 is 42.9 Å². The summed E-state index contributed by atoms with van der Waals surface area (Å²) in [5.41, 5.74) is 0. The van der Waals surface area contributed by atoms with Crippen molar-refractivity contribution in [2.24, 2.45) is 0 Å². The minimum atomic E-state index is -1.52. The maximum Gasteiger partial charge on any atom is 0.361 e. The number of hydrogen-bond donors (Lipinski definition) is 1. The van der Waals surface area contributed by atoms with Gasteiger partial charge in [0.05, 0.1) is 34.4 Å². The van der Waals surface area contributed by atoms with Crippen LogP contribution in [0, 0.1) is 0 Å². The highest BCUT2D eigenvalue weighted by Crippen LogP contribution is 2.16. The van der Waals surface area contributed by atoms with E-state index in [-0.39, 0.29) is 38.6 Å². The number of carbonyl (C=O) groups excluding carboxylic acids is 2. The third kappa shape index (κ3) is 71.9. The van der Waals surface area contributed by atoms with Crippen LogP contribution in [0.5, 0.6) is 0 Å². The second-order valence-electron chi connectivity index (χ2n) is 24.8. The van der Waals surface area contributed by atoms with Crippen LogP contribution in [0.4, 0.5) is 0 Å². The summed E-state index contributed by atoms with van der Waals surface area (Å²) in [6.45, 7) is 4.64. The maximum atomic E-state index is 13.0. The van der Waals surface area contributed by atoms with E-state index in [1.54, 1.807) is 0 Å². The van der Waals surface area contributed by atoms with Gasteiger partial charge >= 0.3 is 17.9 Å². The van der Waals surface area contributed by atoms with E-state index in [0.29, 0.717) is 17.4 Å². The molecule has 0 saturated heterocycles. The zero-order valence-electron chi connectivity index (χ0n) is 58.7. The number of nitrogens with zero attached hydrogens (tertiary/aromatic N) is 1. The maximum absolute atomic E-state index is 13.0. The standard InChI is InChI=1S/C82H133NO8/c1-6-8-10-12-14-16-18-20-22-24-26-28-30-32-34-36-37-38-39-40-41-42-43-45-47-49-51-53-55-57-59-61-63-65-67-69-71-73-80(85)91-78(77-90-82(81(86)87)88-75-74-83(3,4)5)76-89-79(84)72-70-68-66-64-62-60-58-56-54-52-50-48-46-44-35-33-31-29-27-25-23-21-19-17-15-13-11-9-7-2/h8-11,14-17,20-23,26-29,32-35,37-38,40-41,43,45-46,48,78,82H,6-7,12-13,18-19,24-25,30-31,36,39,42,44,47,49-77H2,1-5H3/p+1/b10-8-,11-9-,16-14-,17-15-,22-20-,23-21-,28-26-,29-27-,34-32-,35-33-,38-37-,41-40-,45-43-,48-46-. The Morgan fingerprint density at radius 3 is 0.879 bits per heavy atom. The van der Waals surface area contributed by atoms with Crippen LogP contribution in [-0.2, 0) is 33.3 Å². The molecule has 0 radical (unpaired) electrons. The lowest BCUT2D eigenvalue weighted by Crippen LogP contribution is -2.40. The fourth-order valence-corrected chi connectivity index (χ4v) is 9.50. The summed E-state index contributed by atoms with van der Waals surface area (Å²) in [7, 11) is 5.97. The van der Waals surface area contributed by atoms with Crippen molar-refractivity contribution in [3.8, 4) is 0 Å². The Morgan fingerprint density at radius 2 is 0.593 bits per heavy atom. The number of quaternary nitrogens is 1. The van der Waals surface area contributed by atoms with Gasteiger partial charge in [0.1, 0.15) is 13.2 Å². The highest BCUT2D eigenvalue weighted by atomic mass is 16.7. The van der Waals surface area contributed by atoms with Crippen LogP contribution in [0.15, 0.2) is 170 Å². The molecule has 1 N–H and O–H groups in total. The molecule has 2 atom stereocenters. The number of esters is 2. The number of carbonyl (C=O) groups is 3. The smallest absolute Gasteiger partial charge is 0.361 e. The average molecular weight is 1260 g/mol. The summed E-state index contributed by atoms with van der Waals surface area (Å²) in [5.74, 6) is -2.02. The molecule has 0 fully saturated rings. The molecule has 2 unspecified atom stereocenters. The monoisotopic (exact) mass is 1260 g/mol. The summed E-state index contributed by atoms with van der Waals surface area (Å²) in [6, 6.07) is 0. The number of hydrogen-bond acceptors (Lipinski definition) is 7. The van der Waals surface area contributed by atoms with Gasteiger partial charge in [0.15, 0.2) is 6.10 Å². The van der Waals surface area contributed by atoms with Crippen LogP contribution >= 0.6 is 0 Å². The average Bonchev–Trinajstić information content (AvgIpc) is 3.50. The second kappa shape index (κ2) is 70.5. The molecule has 0 saturated carbocycles. The molecule has 0 aliphatic rings. The fraction of sp³-hybridized carbons (Fsp3) is 0.622. The van der Waals surface area contributed by atoms with Crippen LogP contribution < -0.4 is 0 Å². The van der Waals surface area contributed by atoms with E-state index in [4.69, 9.17) is 18.9 Å². The first-order valence-electron chi connectivity index (χ1n) is 36.3. The summed E-state index contributed by atoms with van der Waals surface area (Å²) in [4.78, 5) is 37.7. The van der Waals surface area contributed by atoms with Crippen LogP contribution in [-0.4, -0.2) is 87.4 Å². The number of ether oxygens (including phenoxy) is 4. The molecule has 91 heavy (non-hydrogen) atoms. The van der Waals surface area contributed by atoms with Crippen molar-refractivity contribution in [3.63, 3.8) is 0 Å². The van der Waals surface area contributed by atoms with Crippen LogP contribution in [0.25, 0.3) is 0 Å². The number of likely N-dealkylation sites (N-methyl/N-ethyl adjacent to an activating group) is 1. The third-order valence-electron chi connectivity index (χ3n) is 15.0. The molecule has 0 bridgehead atoms. The van der Waals surface area contributed by atoms with Crippen molar-refractivity contribution in [3.05, 3.63) is 170 Å². The Kier molecular flexibility index (Phi) is 66.4. The molecule has 514 valence electrons. The van der Waals surface area contributed by atoms with Gasteiger partial charge in [0, 0.05) is 12.8 Å². The molecule has 0 aliphatic heterocycles. The number of rotatable bonds is 65. The lowest BCUT2D eigenvalue weighted by atomic mass is 10.0. The molecule has 0 rings (SSSR count). The number of carboxylic acids is 1. The van der Waals surface area contributed by atoms with E-state index in [1.165, 1.54) is 96.3 Å². The van der Waals surface area contributed by atoms with Gasteiger partial charge in [-0.2, -0.15) is 0 Å². The predicted octanol–water partition coefficient (Wildman–Crippen LogP) is 23.0. The molecule has 0 aromatic carbocycles. The number of aliphatic carboxylic acids is 1. The molecule has 0 aromatic rings. The normalized spacial score (nSPS) is 13.7. The zero-order valence-corrected chi connectivity index (χ0v) is 58.7. The lowest BCUT2D eigenvalue weighted by Gasteiger charge is -2.25. The van der Waals surface area contributed by atoms with Gasteiger partial charge in [-0.3, -0.25) is 9.59 Å². The summed E-state index contributed by atoms with van der Waals surface area (Å²) >= 11 is 0. The molecule has 0 aliphatic carbocycles. The minimum absolute atomic E-state index is 0.179. The Hall–Kier alpha value is -5.35. The van der Waals surface area contributed by atoms with E-state index in [1.807, 2.05) is 21.1 Å². The van der Waals surface area contributed by atoms with E-state index in [2.05, 4.69) is 184 Å². The second-order valence-corrected chi connectivity index (χ2v) is 24.8. The van der Waals surface area contributed by atoms with Gasteiger partial charge < -0.3 is 28.5 Å². The van der Waals surface area contributed by atoms with Crippen LogP contribution in [0.3, 0.4) is 0 Å². The van der Waals surface area contributed by atoms with Gasteiger partial charge in [0.2, 0.25) is 0 Å². The van der Waals surface area contributed by atoms with E-state index >= 15 is 0 Å². The molecule has 0 heterocycles. The van der Waals surface area contributed by atoms with Crippen molar-refractivity contribution in [2.45, 2.75) is 283 Å². The Bertz CT molecular complexity index is 2100. The highest BCUT2D eigenvalue weighted by molar-refractivity contribution is 5.71. The van der Waals surface area contributed by atoms with Gasteiger partial charge in [-0.15, -0.1) is 0 Å². The van der Waals surface area contributed by atoms with Crippen LogP contribution in [0.1, 0.15) is 271 Å². The molecule has 9 nitrogen and oxygen atoms in total. The van der Waals surface area contributed by atoms with E-state index in [9.17, 15) is 19.5 Å². The molecule has 0 spiro atoms. The summed E-state index contributed by atoms with van der Waals surface area (Å²) in [5, 5.41) is 9.76. The third-order valence-corrected chi connectivity index (χ3v) is 15.0. The minimum Gasteiger partial charge on any atom is -0.477 e. The highest BCUT2D eigenvalue weighted by Gasteiger charge is 2.25. The van der Waals surface area contributed by atoms with Crippen LogP contribution in [0.2, 0.25) is 0 Å². The van der Waals surface area contributed by atoms with Gasteiger partial charge in [-0.25, -0.2) is 4.79 Å². The van der Waals surface area contributed by atoms with Gasteiger partial charge in [0.25, 0.3) is 6.29 Å². The molecule has 9 heteroatoms. The van der Waals surface area contributed by atoms with Gasteiger partial charge in [-0.05, 0) is 128 Å². The fourth-order valence-electron chi connectivity index (χ4n) is 9.50. The van der Waals surface area contributed by atoms with Crippen molar-refractivity contribution in [1.82, 2.24) is 0 Å². The van der Waals surface area contributed by atoms with Crippen molar-refractivity contribution >= 4 is 17.9 Å². The number of unbranched alkanes of at least 4 members (excludes halogenated alkanes) is 22. The summed E-state index contributed by atoms with van der Waals surface area (Å²) in [6.07, 6.45) is 103. The molecular weight excluding hydrogens is 1130 g/mol. The lowest BCUT2D eigenvalue weighted by molar-refractivity contribution is -0.870.